The van der Waals surface area contributed by atoms with Crippen molar-refractivity contribution < 1.29 is 13.5 Å². The van der Waals surface area contributed by atoms with Crippen molar-refractivity contribution in [2.75, 3.05) is 0 Å². The van der Waals surface area contributed by atoms with E-state index in [1.807, 2.05) is 20.8 Å². The lowest BCUT2D eigenvalue weighted by atomic mass is 10.1. The van der Waals surface area contributed by atoms with Gasteiger partial charge in [-0.25, -0.2) is 4.68 Å². The van der Waals surface area contributed by atoms with E-state index in [2.05, 4.69) is 20.4 Å². The van der Waals surface area contributed by atoms with Crippen LogP contribution >= 0.6 is 0 Å². The Morgan fingerprint density at radius 1 is 1.29 bits per heavy atom. The van der Waals surface area contributed by atoms with Crippen LogP contribution in [-0.4, -0.2) is 27.1 Å². The lowest BCUT2D eigenvalue weighted by molar-refractivity contribution is -0.0499. The molecule has 0 aliphatic carbocycles. The van der Waals surface area contributed by atoms with Crippen LogP contribution in [0.25, 0.3) is 5.69 Å². The number of ether oxygens (including phenoxy) is 1. The van der Waals surface area contributed by atoms with E-state index in [0.29, 0.717) is 12.2 Å². The lowest BCUT2D eigenvalue weighted by Crippen LogP contribution is -2.35. The van der Waals surface area contributed by atoms with Crippen LogP contribution in [0.15, 0.2) is 30.5 Å². The fourth-order valence-corrected chi connectivity index (χ4v) is 1.69. The van der Waals surface area contributed by atoms with Crippen molar-refractivity contribution in [3.05, 3.63) is 36.2 Å². The Labute approximate surface area is 121 Å². The first-order valence-electron chi connectivity index (χ1n) is 6.55. The van der Waals surface area contributed by atoms with Crippen LogP contribution in [0.5, 0.6) is 5.75 Å². The highest BCUT2D eigenvalue weighted by atomic mass is 19.3. The van der Waals surface area contributed by atoms with Gasteiger partial charge in [0.25, 0.3) is 0 Å². The standard InChI is InChI=1S/C14H18F2N4O/c1-14(2,3)17-8-10-9-20(19-18-10)11-6-4-5-7-12(11)21-13(15)16/h4-7,9,13,17H,8H2,1-3H3. The summed E-state index contributed by atoms with van der Waals surface area (Å²) in [5.41, 5.74) is 1.10. The second kappa shape index (κ2) is 6.17. The summed E-state index contributed by atoms with van der Waals surface area (Å²) in [6, 6.07) is 6.46. The molecule has 0 aliphatic heterocycles. The van der Waals surface area contributed by atoms with Gasteiger partial charge in [-0.3, -0.25) is 0 Å². The third kappa shape index (κ3) is 4.49. The molecule has 2 aromatic rings. The molecule has 1 N–H and O–H groups in total. The van der Waals surface area contributed by atoms with E-state index in [1.165, 1.54) is 10.7 Å². The van der Waals surface area contributed by atoms with Crippen LogP contribution in [-0.2, 0) is 6.54 Å². The van der Waals surface area contributed by atoms with Crippen LogP contribution in [0.3, 0.4) is 0 Å². The molecule has 7 heteroatoms. The van der Waals surface area contributed by atoms with Gasteiger partial charge >= 0.3 is 6.61 Å². The van der Waals surface area contributed by atoms with Crippen LogP contribution in [0.4, 0.5) is 8.78 Å². The fourth-order valence-electron chi connectivity index (χ4n) is 1.69. The number of nitrogens with zero attached hydrogens (tertiary/aromatic N) is 3. The van der Waals surface area contributed by atoms with E-state index in [9.17, 15) is 8.78 Å². The van der Waals surface area contributed by atoms with Gasteiger partial charge in [0.15, 0.2) is 5.75 Å². The van der Waals surface area contributed by atoms with Gasteiger partial charge in [-0.2, -0.15) is 8.78 Å². The quantitative estimate of drug-likeness (QED) is 0.922. The maximum atomic E-state index is 12.4. The molecule has 0 aliphatic rings. The summed E-state index contributed by atoms with van der Waals surface area (Å²) in [6.07, 6.45) is 1.69. The molecular weight excluding hydrogens is 278 g/mol. The van der Waals surface area contributed by atoms with E-state index in [-0.39, 0.29) is 11.3 Å². The Balaban J connectivity index is 2.18. The number of para-hydroxylation sites is 2. The summed E-state index contributed by atoms with van der Waals surface area (Å²) in [6.45, 7) is 3.80. The normalized spacial score (nSPS) is 11.9. The lowest BCUT2D eigenvalue weighted by Gasteiger charge is -2.19. The molecule has 5 nitrogen and oxygen atoms in total. The average molecular weight is 296 g/mol. The molecule has 21 heavy (non-hydrogen) atoms. The van der Waals surface area contributed by atoms with Crippen molar-refractivity contribution >= 4 is 0 Å². The largest absolute Gasteiger partial charge is 0.433 e. The highest BCUT2D eigenvalue weighted by Crippen LogP contribution is 2.23. The number of alkyl halides is 2. The molecule has 2 rings (SSSR count). The van der Waals surface area contributed by atoms with Crippen molar-refractivity contribution in [2.45, 2.75) is 39.5 Å². The van der Waals surface area contributed by atoms with Gasteiger partial charge in [0.05, 0.1) is 11.9 Å². The Morgan fingerprint density at radius 3 is 2.67 bits per heavy atom. The zero-order chi connectivity index (χ0) is 15.5. The Bertz CT molecular complexity index is 593. The molecule has 0 saturated heterocycles. The summed E-state index contributed by atoms with van der Waals surface area (Å²) < 4.78 is 30.7. The number of nitrogens with one attached hydrogen (secondary N) is 1. The number of hydrogen-bond acceptors (Lipinski definition) is 4. The number of hydrogen-bond donors (Lipinski definition) is 1. The van der Waals surface area contributed by atoms with Crippen LogP contribution in [0, 0.1) is 0 Å². The molecular formula is C14H18F2N4O. The van der Waals surface area contributed by atoms with E-state index in [1.54, 1.807) is 24.4 Å². The smallest absolute Gasteiger partial charge is 0.387 e. The van der Waals surface area contributed by atoms with E-state index < -0.39 is 6.61 Å². The van der Waals surface area contributed by atoms with Gasteiger partial charge in [0.2, 0.25) is 0 Å². The third-order valence-electron chi connectivity index (χ3n) is 2.67. The van der Waals surface area contributed by atoms with Crippen molar-refractivity contribution in [3.8, 4) is 11.4 Å². The van der Waals surface area contributed by atoms with Gasteiger partial charge in [-0.1, -0.05) is 17.3 Å². The Hall–Kier alpha value is -2.02. The first kappa shape index (κ1) is 15.4. The number of rotatable bonds is 5. The van der Waals surface area contributed by atoms with E-state index >= 15 is 0 Å². The molecule has 0 spiro atoms. The summed E-state index contributed by atoms with van der Waals surface area (Å²) in [5, 5.41) is 11.3. The second-order valence-corrected chi connectivity index (χ2v) is 5.60. The third-order valence-corrected chi connectivity index (χ3v) is 2.67. The minimum Gasteiger partial charge on any atom is -0.433 e. The highest BCUT2D eigenvalue weighted by Gasteiger charge is 2.13. The molecule has 0 atom stereocenters. The molecule has 114 valence electrons. The topological polar surface area (TPSA) is 52.0 Å². The molecule has 0 unspecified atom stereocenters. The molecule has 0 amide bonds. The minimum atomic E-state index is -2.88. The number of aromatic nitrogens is 3. The van der Waals surface area contributed by atoms with Crippen LogP contribution in [0.2, 0.25) is 0 Å². The first-order chi connectivity index (χ1) is 9.85. The van der Waals surface area contributed by atoms with Gasteiger partial charge in [-0.15, -0.1) is 5.10 Å². The predicted molar refractivity (Wildman–Crippen MR) is 74.6 cm³/mol. The monoisotopic (exact) mass is 296 g/mol. The number of benzene rings is 1. The zero-order valence-electron chi connectivity index (χ0n) is 12.2. The van der Waals surface area contributed by atoms with E-state index in [4.69, 9.17) is 0 Å². The van der Waals surface area contributed by atoms with Gasteiger partial charge in [0.1, 0.15) is 5.69 Å². The predicted octanol–water partition coefficient (Wildman–Crippen LogP) is 2.76. The van der Waals surface area contributed by atoms with Crippen LogP contribution < -0.4 is 10.1 Å². The molecule has 1 aromatic carbocycles. The average Bonchev–Trinajstić information content (AvgIpc) is 2.84. The van der Waals surface area contributed by atoms with Gasteiger partial charge < -0.3 is 10.1 Å². The maximum Gasteiger partial charge on any atom is 0.387 e. The van der Waals surface area contributed by atoms with Crippen molar-refractivity contribution in [2.24, 2.45) is 0 Å². The summed E-state index contributed by atoms with van der Waals surface area (Å²) in [7, 11) is 0. The zero-order valence-corrected chi connectivity index (χ0v) is 12.2. The summed E-state index contributed by atoms with van der Waals surface area (Å²) >= 11 is 0. The van der Waals surface area contributed by atoms with Gasteiger partial charge in [-0.05, 0) is 32.9 Å². The minimum absolute atomic E-state index is 0.0412. The highest BCUT2D eigenvalue weighted by molar-refractivity contribution is 5.45. The Kier molecular flexibility index (Phi) is 4.52. The molecule has 1 aromatic heterocycles. The molecule has 0 radical (unpaired) electrons. The Morgan fingerprint density at radius 2 is 2.00 bits per heavy atom. The second-order valence-electron chi connectivity index (χ2n) is 5.60. The van der Waals surface area contributed by atoms with Crippen molar-refractivity contribution in [1.29, 1.82) is 0 Å². The summed E-state index contributed by atoms with van der Waals surface area (Å²) in [4.78, 5) is 0. The fraction of sp³-hybridized carbons (Fsp3) is 0.429. The molecule has 0 bridgehead atoms. The summed E-state index contributed by atoms with van der Waals surface area (Å²) in [5.74, 6) is 0.0627. The first-order valence-corrected chi connectivity index (χ1v) is 6.55. The van der Waals surface area contributed by atoms with Crippen LogP contribution in [0.1, 0.15) is 26.5 Å². The molecule has 1 heterocycles. The molecule has 0 saturated carbocycles. The molecule has 0 fully saturated rings. The SMILES string of the molecule is CC(C)(C)NCc1cn(-c2ccccc2OC(F)F)nn1. The maximum absolute atomic E-state index is 12.4. The number of halogens is 2. The van der Waals surface area contributed by atoms with Crippen molar-refractivity contribution in [3.63, 3.8) is 0 Å². The van der Waals surface area contributed by atoms with E-state index in [0.717, 1.165) is 5.69 Å². The van der Waals surface area contributed by atoms with Gasteiger partial charge in [0, 0.05) is 12.1 Å². The van der Waals surface area contributed by atoms with Crippen molar-refractivity contribution in [1.82, 2.24) is 20.3 Å².